The van der Waals surface area contributed by atoms with Crippen LogP contribution in [0.1, 0.15) is 16.0 Å². The third kappa shape index (κ3) is 2.89. The van der Waals surface area contributed by atoms with Crippen molar-refractivity contribution in [3.8, 4) is 0 Å². The topological polar surface area (TPSA) is 63.4 Å². The SMILES string of the molecule is NCCc1ccc(S(=O)(=O)N2CCc3ccccc3C2)s1. The molecule has 6 heteroatoms. The van der Waals surface area contributed by atoms with E-state index in [9.17, 15) is 8.42 Å². The maximum Gasteiger partial charge on any atom is 0.252 e. The molecule has 0 bridgehead atoms. The summed E-state index contributed by atoms with van der Waals surface area (Å²) in [5.41, 5.74) is 7.87. The highest BCUT2D eigenvalue weighted by atomic mass is 32.2. The number of rotatable bonds is 4. The van der Waals surface area contributed by atoms with Crippen molar-refractivity contribution in [2.24, 2.45) is 5.73 Å². The van der Waals surface area contributed by atoms with Gasteiger partial charge >= 0.3 is 0 Å². The Hall–Kier alpha value is -1.21. The molecule has 0 atom stereocenters. The second-order valence-corrected chi connectivity index (χ2v) is 8.45. The lowest BCUT2D eigenvalue weighted by Crippen LogP contribution is -2.35. The molecule has 1 aliphatic heterocycles. The van der Waals surface area contributed by atoms with Gasteiger partial charge in [0.25, 0.3) is 10.0 Å². The van der Waals surface area contributed by atoms with Crippen molar-refractivity contribution in [1.29, 1.82) is 0 Å². The summed E-state index contributed by atoms with van der Waals surface area (Å²) in [6, 6.07) is 11.6. The molecule has 1 aromatic heterocycles. The Labute approximate surface area is 129 Å². The molecule has 0 fully saturated rings. The third-order valence-corrected chi connectivity index (χ3v) is 7.18. The zero-order valence-corrected chi connectivity index (χ0v) is 13.3. The fraction of sp³-hybridized carbons (Fsp3) is 0.333. The summed E-state index contributed by atoms with van der Waals surface area (Å²) < 4.78 is 27.4. The molecular formula is C15H18N2O2S2. The van der Waals surface area contributed by atoms with Crippen LogP contribution in [0.2, 0.25) is 0 Å². The van der Waals surface area contributed by atoms with Gasteiger partial charge in [0.05, 0.1) is 0 Å². The van der Waals surface area contributed by atoms with Crippen molar-refractivity contribution >= 4 is 21.4 Å². The number of nitrogens with two attached hydrogens (primary N) is 1. The van der Waals surface area contributed by atoms with Crippen LogP contribution in [0.15, 0.2) is 40.6 Å². The van der Waals surface area contributed by atoms with Gasteiger partial charge in [-0.1, -0.05) is 24.3 Å². The number of nitrogens with zero attached hydrogens (tertiary/aromatic N) is 1. The van der Waals surface area contributed by atoms with Gasteiger partial charge in [0, 0.05) is 18.0 Å². The molecule has 0 amide bonds. The van der Waals surface area contributed by atoms with E-state index in [-0.39, 0.29) is 0 Å². The van der Waals surface area contributed by atoms with E-state index in [1.54, 1.807) is 10.4 Å². The quantitative estimate of drug-likeness (QED) is 0.936. The summed E-state index contributed by atoms with van der Waals surface area (Å²) in [5.74, 6) is 0. The van der Waals surface area contributed by atoms with Crippen molar-refractivity contribution in [2.45, 2.75) is 23.6 Å². The lowest BCUT2D eigenvalue weighted by molar-refractivity contribution is 0.392. The van der Waals surface area contributed by atoms with Gasteiger partial charge in [0.1, 0.15) is 4.21 Å². The van der Waals surface area contributed by atoms with E-state index in [1.807, 2.05) is 24.3 Å². The molecule has 0 unspecified atom stereocenters. The molecule has 0 saturated heterocycles. The van der Waals surface area contributed by atoms with Gasteiger partial charge < -0.3 is 5.73 Å². The number of hydrogen-bond acceptors (Lipinski definition) is 4. The summed E-state index contributed by atoms with van der Waals surface area (Å²) >= 11 is 1.33. The van der Waals surface area contributed by atoms with E-state index in [0.29, 0.717) is 23.8 Å². The van der Waals surface area contributed by atoms with Crippen molar-refractivity contribution in [1.82, 2.24) is 4.31 Å². The zero-order valence-electron chi connectivity index (χ0n) is 11.7. The number of benzene rings is 1. The number of sulfonamides is 1. The highest BCUT2D eigenvalue weighted by Crippen LogP contribution is 2.29. The molecule has 0 radical (unpaired) electrons. The van der Waals surface area contributed by atoms with Crippen LogP contribution in [-0.4, -0.2) is 25.8 Å². The molecule has 1 aliphatic rings. The van der Waals surface area contributed by atoms with Gasteiger partial charge in [-0.3, -0.25) is 0 Å². The second-order valence-electron chi connectivity index (χ2n) is 5.12. The van der Waals surface area contributed by atoms with Crippen LogP contribution in [0.5, 0.6) is 0 Å². The molecule has 1 aromatic carbocycles. The molecule has 0 saturated carbocycles. The predicted octanol–water partition coefficient (Wildman–Crippen LogP) is 2.00. The van der Waals surface area contributed by atoms with Crippen LogP contribution in [0, 0.1) is 0 Å². The Morgan fingerprint density at radius 3 is 2.67 bits per heavy atom. The van der Waals surface area contributed by atoms with Gasteiger partial charge in [0.2, 0.25) is 0 Å². The minimum atomic E-state index is -3.39. The van der Waals surface area contributed by atoms with Crippen LogP contribution in [-0.2, 0) is 29.4 Å². The molecule has 0 aliphatic carbocycles. The number of thiophene rings is 1. The largest absolute Gasteiger partial charge is 0.330 e. The minimum Gasteiger partial charge on any atom is -0.330 e. The molecule has 2 N–H and O–H groups in total. The molecular weight excluding hydrogens is 304 g/mol. The summed E-state index contributed by atoms with van der Waals surface area (Å²) in [4.78, 5) is 1.02. The van der Waals surface area contributed by atoms with Crippen molar-refractivity contribution in [3.05, 3.63) is 52.4 Å². The van der Waals surface area contributed by atoms with Crippen molar-refractivity contribution in [3.63, 3.8) is 0 Å². The van der Waals surface area contributed by atoms with E-state index in [2.05, 4.69) is 6.07 Å². The van der Waals surface area contributed by atoms with Crippen molar-refractivity contribution in [2.75, 3.05) is 13.1 Å². The molecule has 112 valence electrons. The molecule has 0 spiro atoms. The van der Waals surface area contributed by atoms with E-state index >= 15 is 0 Å². The average molecular weight is 322 g/mol. The lowest BCUT2D eigenvalue weighted by Gasteiger charge is -2.27. The fourth-order valence-corrected chi connectivity index (χ4v) is 5.52. The third-order valence-electron chi connectivity index (χ3n) is 3.72. The van der Waals surface area contributed by atoms with Crippen LogP contribution in [0.3, 0.4) is 0 Å². The Morgan fingerprint density at radius 1 is 1.14 bits per heavy atom. The smallest absolute Gasteiger partial charge is 0.252 e. The Morgan fingerprint density at radius 2 is 1.90 bits per heavy atom. The molecule has 3 rings (SSSR count). The normalized spacial score (nSPS) is 15.9. The second kappa shape index (κ2) is 5.88. The van der Waals surface area contributed by atoms with E-state index in [1.165, 1.54) is 16.9 Å². The van der Waals surface area contributed by atoms with Crippen LogP contribution >= 0.6 is 11.3 Å². The van der Waals surface area contributed by atoms with Gasteiger partial charge in [-0.25, -0.2) is 8.42 Å². The average Bonchev–Trinajstić information content (AvgIpc) is 2.96. The summed E-state index contributed by atoms with van der Waals surface area (Å²) in [6.07, 6.45) is 1.50. The van der Waals surface area contributed by atoms with Gasteiger partial charge in [0.15, 0.2) is 0 Å². The Balaban J connectivity index is 1.85. The molecule has 21 heavy (non-hydrogen) atoms. The predicted molar refractivity (Wildman–Crippen MR) is 84.8 cm³/mol. The zero-order chi connectivity index (χ0) is 14.9. The summed E-state index contributed by atoms with van der Waals surface area (Å²) in [6.45, 7) is 1.54. The molecule has 4 nitrogen and oxygen atoms in total. The van der Waals surface area contributed by atoms with E-state index < -0.39 is 10.0 Å². The first-order valence-corrected chi connectivity index (χ1v) is 9.22. The highest BCUT2D eigenvalue weighted by molar-refractivity contribution is 7.91. The maximum atomic E-state index is 12.7. The summed E-state index contributed by atoms with van der Waals surface area (Å²) in [7, 11) is -3.39. The highest BCUT2D eigenvalue weighted by Gasteiger charge is 2.29. The number of fused-ring (bicyclic) bond motifs is 1. The Kier molecular flexibility index (Phi) is 4.12. The molecule has 2 heterocycles. The van der Waals surface area contributed by atoms with Crippen LogP contribution in [0.4, 0.5) is 0 Å². The van der Waals surface area contributed by atoms with Crippen LogP contribution < -0.4 is 5.73 Å². The monoisotopic (exact) mass is 322 g/mol. The minimum absolute atomic E-state index is 0.422. The van der Waals surface area contributed by atoms with Crippen LogP contribution in [0.25, 0.3) is 0 Å². The Bertz CT molecular complexity index is 738. The van der Waals surface area contributed by atoms with Gasteiger partial charge in [-0.05, 0) is 42.6 Å². The van der Waals surface area contributed by atoms with Crippen molar-refractivity contribution < 1.29 is 8.42 Å². The standard InChI is InChI=1S/C15H18N2O2S2/c16-9-7-14-5-6-15(20-14)21(18,19)17-10-8-12-3-1-2-4-13(12)11-17/h1-6H,7-11,16H2. The fourth-order valence-electron chi connectivity index (χ4n) is 2.58. The van der Waals surface area contributed by atoms with E-state index in [4.69, 9.17) is 5.73 Å². The molecule has 2 aromatic rings. The first-order chi connectivity index (χ1) is 10.1. The first kappa shape index (κ1) is 14.7. The lowest BCUT2D eigenvalue weighted by atomic mass is 10.0. The maximum absolute atomic E-state index is 12.7. The number of hydrogen-bond donors (Lipinski definition) is 1. The van der Waals surface area contributed by atoms with Gasteiger partial charge in [-0.2, -0.15) is 4.31 Å². The van der Waals surface area contributed by atoms with Gasteiger partial charge in [-0.15, -0.1) is 11.3 Å². The first-order valence-electron chi connectivity index (χ1n) is 6.97. The summed E-state index contributed by atoms with van der Waals surface area (Å²) in [5, 5.41) is 0. The van der Waals surface area contributed by atoms with E-state index in [0.717, 1.165) is 23.3 Å².